The Labute approximate surface area is 152 Å². The Balaban J connectivity index is 1.71. The van der Waals surface area contributed by atoms with E-state index in [1.807, 2.05) is 0 Å². The minimum Gasteiger partial charge on any atom is -0.368 e. The third-order valence-corrected chi connectivity index (χ3v) is 4.04. The van der Waals surface area contributed by atoms with E-state index >= 15 is 0 Å². The molecule has 2 aromatic rings. The van der Waals surface area contributed by atoms with Gasteiger partial charge in [-0.3, -0.25) is 4.79 Å². The lowest BCUT2D eigenvalue weighted by molar-refractivity contribution is -0.137. The van der Waals surface area contributed by atoms with E-state index in [1.165, 1.54) is 24.4 Å². The minimum absolute atomic E-state index is 0.0111. The molecule has 5 nitrogen and oxygen atoms in total. The van der Waals surface area contributed by atoms with Gasteiger partial charge in [-0.15, -0.1) is 0 Å². The van der Waals surface area contributed by atoms with Gasteiger partial charge in [0.15, 0.2) is 0 Å². The molecule has 1 fully saturated rings. The maximum atomic E-state index is 13.1. The Morgan fingerprint density at radius 1 is 1.27 bits per heavy atom. The summed E-state index contributed by atoms with van der Waals surface area (Å²) in [5.41, 5.74) is -0.615. The lowest BCUT2D eigenvalue weighted by atomic mass is 10.1. The van der Waals surface area contributed by atoms with Crippen LogP contribution in [-0.4, -0.2) is 23.6 Å². The molecule has 1 amide bonds. The van der Waals surface area contributed by atoms with Gasteiger partial charge in [0.25, 0.3) is 5.91 Å². The fourth-order valence-electron chi connectivity index (χ4n) is 2.55. The van der Waals surface area contributed by atoms with Crippen LogP contribution in [0.25, 0.3) is 0 Å². The second-order valence-corrected chi connectivity index (χ2v) is 6.17. The number of carbonyl (C=O) groups excluding carboxylic acids is 1. The van der Waals surface area contributed by atoms with E-state index in [0.717, 1.165) is 12.5 Å². The number of rotatable bonds is 4. The fraction of sp³-hybridized carbons (Fsp3) is 0.294. The molecule has 2 N–H and O–H groups in total. The van der Waals surface area contributed by atoms with Gasteiger partial charge < -0.3 is 15.4 Å². The van der Waals surface area contributed by atoms with Crippen LogP contribution in [0.15, 0.2) is 36.5 Å². The quantitative estimate of drug-likeness (QED) is 0.806. The van der Waals surface area contributed by atoms with Gasteiger partial charge in [0.2, 0.25) is 0 Å². The van der Waals surface area contributed by atoms with Crippen molar-refractivity contribution in [2.24, 2.45) is 0 Å². The predicted molar refractivity (Wildman–Crippen MR) is 91.6 cm³/mol. The molecule has 0 radical (unpaired) electrons. The lowest BCUT2D eigenvalue weighted by Gasteiger charge is -2.15. The Morgan fingerprint density at radius 3 is 2.69 bits per heavy atom. The summed E-state index contributed by atoms with van der Waals surface area (Å²) >= 11 is 5.66. The molecule has 1 saturated heterocycles. The second-order valence-electron chi connectivity index (χ2n) is 5.74. The molecule has 9 heteroatoms. The Hall–Kier alpha value is -2.32. The van der Waals surface area contributed by atoms with Gasteiger partial charge in [-0.2, -0.15) is 13.2 Å². The number of hydrogen-bond donors (Lipinski definition) is 2. The summed E-state index contributed by atoms with van der Waals surface area (Å²) in [5, 5.41) is 5.27. The molecule has 1 aromatic heterocycles. The van der Waals surface area contributed by atoms with Gasteiger partial charge in [0.1, 0.15) is 11.9 Å². The first-order valence-electron chi connectivity index (χ1n) is 7.85. The maximum absolute atomic E-state index is 13.1. The van der Waals surface area contributed by atoms with Crippen molar-refractivity contribution in [2.45, 2.75) is 25.1 Å². The normalized spacial score (nSPS) is 17.2. The van der Waals surface area contributed by atoms with Gasteiger partial charge in [0, 0.05) is 11.6 Å². The summed E-state index contributed by atoms with van der Waals surface area (Å²) in [6.07, 6.45) is -2.17. The zero-order chi connectivity index (χ0) is 18.7. The van der Waals surface area contributed by atoms with Gasteiger partial charge in [-0.25, -0.2) is 4.98 Å². The first kappa shape index (κ1) is 18.5. The third-order valence-electron chi connectivity index (χ3n) is 3.80. The summed E-state index contributed by atoms with van der Waals surface area (Å²) in [6, 6.07) is 6.46. The molecule has 3 rings (SSSR count). The van der Waals surface area contributed by atoms with Crippen LogP contribution < -0.4 is 10.6 Å². The van der Waals surface area contributed by atoms with Gasteiger partial charge in [-0.05, 0) is 43.2 Å². The second kappa shape index (κ2) is 7.51. The monoisotopic (exact) mass is 385 g/mol. The number of ether oxygens (including phenoxy) is 1. The Kier molecular flexibility index (Phi) is 5.33. The average molecular weight is 386 g/mol. The predicted octanol–water partition coefficient (Wildman–Crippen LogP) is 4.61. The van der Waals surface area contributed by atoms with Crippen molar-refractivity contribution in [3.63, 3.8) is 0 Å². The van der Waals surface area contributed by atoms with Crippen LogP contribution in [0.5, 0.6) is 0 Å². The zero-order valence-electron chi connectivity index (χ0n) is 13.4. The average Bonchev–Trinajstić information content (AvgIpc) is 3.12. The van der Waals surface area contributed by atoms with Gasteiger partial charge >= 0.3 is 6.18 Å². The number of nitrogens with one attached hydrogen (secondary N) is 2. The van der Waals surface area contributed by atoms with Crippen LogP contribution >= 0.6 is 11.6 Å². The molecule has 0 saturated carbocycles. The number of alkyl halides is 3. The molecule has 0 bridgehead atoms. The topological polar surface area (TPSA) is 63.2 Å². The minimum atomic E-state index is -4.55. The highest BCUT2D eigenvalue weighted by atomic mass is 35.5. The summed E-state index contributed by atoms with van der Waals surface area (Å²) in [5.74, 6) is -0.0602. The smallest absolute Gasteiger partial charge is 0.368 e. The number of pyridine rings is 1. The number of anilines is 3. The first-order valence-corrected chi connectivity index (χ1v) is 8.23. The van der Waals surface area contributed by atoms with Crippen LogP contribution in [0.4, 0.5) is 30.4 Å². The van der Waals surface area contributed by atoms with E-state index in [1.54, 1.807) is 6.07 Å². The summed E-state index contributed by atoms with van der Waals surface area (Å²) < 4.78 is 44.6. The van der Waals surface area contributed by atoms with Crippen molar-refractivity contribution in [3.05, 3.63) is 47.1 Å². The molecular weight excluding hydrogens is 371 g/mol. The number of amides is 1. The largest absolute Gasteiger partial charge is 0.418 e. The number of aromatic nitrogens is 1. The summed E-state index contributed by atoms with van der Waals surface area (Å²) in [4.78, 5) is 16.0. The van der Waals surface area contributed by atoms with Crippen molar-refractivity contribution in [1.29, 1.82) is 0 Å². The zero-order valence-corrected chi connectivity index (χ0v) is 14.2. The molecule has 1 unspecified atom stereocenters. The summed E-state index contributed by atoms with van der Waals surface area (Å²) in [7, 11) is 0. The van der Waals surface area contributed by atoms with Crippen molar-refractivity contribution < 1.29 is 22.7 Å². The number of hydrogen-bond acceptors (Lipinski definition) is 4. The van der Waals surface area contributed by atoms with E-state index in [2.05, 4.69) is 15.6 Å². The molecular formula is C17H15ClF3N3O2. The van der Waals surface area contributed by atoms with Crippen molar-refractivity contribution >= 4 is 34.7 Å². The van der Waals surface area contributed by atoms with E-state index in [4.69, 9.17) is 16.3 Å². The van der Waals surface area contributed by atoms with Gasteiger partial charge in [-0.1, -0.05) is 11.6 Å². The maximum Gasteiger partial charge on any atom is 0.418 e. The highest BCUT2D eigenvalue weighted by molar-refractivity contribution is 6.30. The van der Waals surface area contributed by atoms with E-state index in [0.29, 0.717) is 18.7 Å². The van der Waals surface area contributed by atoms with Crippen molar-refractivity contribution in [2.75, 3.05) is 17.2 Å². The van der Waals surface area contributed by atoms with Crippen LogP contribution in [0.3, 0.4) is 0 Å². The van der Waals surface area contributed by atoms with E-state index in [-0.39, 0.29) is 22.4 Å². The number of nitrogens with zero attached hydrogens (tertiary/aromatic N) is 1. The van der Waals surface area contributed by atoms with Crippen LogP contribution in [0.1, 0.15) is 18.4 Å². The highest BCUT2D eigenvalue weighted by Gasteiger charge is 2.34. The highest BCUT2D eigenvalue weighted by Crippen LogP contribution is 2.37. The molecule has 1 aromatic carbocycles. The molecule has 1 atom stereocenters. The molecule has 0 spiro atoms. The first-order chi connectivity index (χ1) is 12.3. The number of benzene rings is 1. The van der Waals surface area contributed by atoms with Crippen LogP contribution in [0, 0.1) is 0 Å². The van der Waals surface area contributed by atoms with Crippen LogP contribution in [0.2, 0.25) is 5.02 Å². The Bertz CT molecular complexity index is 791. The number of carbonyl (C=O) groups is 1. The van der Waals surface area contributed by atoms with Gasteiger partial charge in [0.05, 0.1) is 23.1 Å². The summed E-state index contributed by atoms with van der Waals surface area (Å²) in [6.45, 7) is 0.557. The van der Waals surface area contributed by atoms with Crippen molar-refractivity contribution in [3.8, 4) is 0 Å². The van der Waals surface area contributed by atoms with E-state index in [9.17, 15) is 18.0 Å². The number of halogens is 4. The molecule has 1 aliphatic rings. The molecule has 2 heterocycles. The van der Waals surface area contributed by atoms with Crippen LogP contribution in [-0.2, 0) is 15.7 Å². The SMILES string of the molecule is O=C(Nc1ccc(Nc2ccc(Cl)cc2C(F)(F)F)nc1)C1CCCO1. The van der Waals surface area contributed by atoms with Crippen molar-refractivity contribution in [1.82, 2.24) is 4.98 Å². The molecule has 138 valence electrons. The Morgan fingerprint density at radius 2 is 2.08 bits per heavy atom. The van der Waals surface area contributed by atoms with E-state index < -0.39 is 17.8 Å². The molecule has 26 heavy (non-hydrogen) atoms. The lowest BCUT2D eigenvalue weighted by Crippen LogP contribution is -2.26. The standard InChI is InChI=1S/C17H15ClF3N3O2/c18-10-3-5-13(12(8-10)17(19,20)21)24-15-6-4-11(9-22-15)23-16(25)14-2-1-7-26-14/h3-6,8-9,14H,1-2,7H2,(H,22,24)(H,23,25). The molecule has 0 aliphatic carbocycles. The molecule has 1 aliphatic heterocycles. The third kappa shape index (κ3) is 4.44. The fourth-order valence-corrected chi connectivity index (χ4v) is 2.72.